The van der Waals surface area contributed by atoms with Crippen molar-refractivity contribution in [2.75, 3.05) is 26.2 Å². The summed E-state index contributed by atoms with van der Waals surface area (Å²) >= 11 is 3.43. The smallest absolute Gasteiger partial charge is 0.238 e. The van der Waals surface area contributed by atoms with E-state index in [0.717, 1.165) is 42.6 Å². The van der Waals surface area contributed by atoms with Gasteiger partial charge in [-0.25, -0.2) is 0 Å². The number of carbonyl (C=O) groups excluding carboxylic acids is 1. The van der Waals surface area contributed by atoms with Crippen molar-refractivity contribution in [1.82, 2.24) is 10.2 Å². The van der Waals surface area contributed by atoms with Crippen LogP contribution in [0.4, 0.5) is 0 Å². The van der Waals surface area contributed by atoms with E-state index in [1.165, 1.54) is 0 Å². The maximum Gasteiger partial charge on any atom is 0.238 e. The van der Waals surface area contributed by atoms with E-state index in [4.69, 9.17) is 5.73 Å². The van der Waals surface area contributed by atoms with E-state index in [0.29, 0.717) is 6.42 Å². The monoisotopic (exact) mass is 339 g/mol. The van der Waals surface area contributed by atoms with Crippen molar-refractivity contribution in [1.29, 1.82) is 0 Å². The summed E-state index contributed by atoms with van der Waals surface area (Å²) in [5.74, 6) is -0.248. The molecule has 1 fully saturated rings. The molecule has 0 radical (unpaired) electrons. The Morgan fingerprint density at radius 1 is 1.35 bits per heavy atom. The zero-order valence-corrected chi connectivity index (χ0v) is 13.4. The molecule has 1 amide bonds. The van der Waals surface area contributed by atoms with Gasteiger partial charge in [0.2, 0.25) is 5.91 Å². The largest absolute Gasteiger partial charge is 0.368 e. The molecule has 1 saturated heterocycles. The average molecular weight is 340 g/mol. The molecule has 4 nitrogen and oxygen atoms in total. The summed E-state index contributed by atoms with van der Waals surface area (Å²) in [5.41, 5.74) is 6.23. The number of hydrogen-bond acceptors (Lipinski definition) is 3. The first-order chi connectivity index (χ1) is 9.52. The van der Waals surface area contributed by atoms with Crippen LogP contribution in [0.5, 0.6) is 0 Å². The molecule has 20 heavy (non-hydrogen) atoms. The lowest BCUT2D eigenvalue weighted by Crippen LogP contribution is -2.57. The molecule has 1 aromatic rings. The van der Waals surface area contributed by atoms with E-state index < -0.39 is 5.54 Å². The van der Waals surface area contributed by atoms with Crippen molar-refractivity contribution >= 4 is 21.8 Å². The van der Waals surface area contributed by atoms with E-state index >= 15 is 0 Å². The van der Waals surface area contributed by atoms with E-state index in [-0.39, 0.29) is 5.91 Å². The van der Waals surface area contributed by atoms with Crippen LogP contribution in [0.25, 0.3) is 0 Å². The third kappa shape index (κ3) is 3.59. The first-order valence-electron chi connectivity index (χ1n) is 7.02. The maximum absolute atomic E-state index is 12.1. The molecule has 1 aliphatic rings. The van der Waals surface area contributed by atoms with Crippen LogP contribution < -0.4 is 11.1 Å². The summed E-state index contributed by atoms with van der Waals surface area (Å²) in [7, 11) is 0. The third-order valence-electron chi connectivity index (χ3n) is 4.03. The predicted molar refractivity (Wildman–Crippen MR) is 84.5 cm³/mol. The topological polar surface area (TPSA) is 58.4 Å². The highest BCUT2D eigenvalue weighted by Crippen LogP contribution is 2.23. The fourth-order valence-electron chi connectivity index (χ4n) is 2.69. The minimum absolute atomic E-state index is 0.248. The van der Waals surface area contributed by atoms with Crippen LogP contribution in [0.15, 0.2) is 28.7 Å². The molecule has 1 unspecified atom stereocenters. The number of nitrogens with one attached hydrogen (secondary N) is 1. The van der Waals surface area contributed by atoms with Crippen molar-refractivity contribution in [2.24, 2.45) is 5.73 Å². The van der Waals surface area contributed by atoms with Gasteiger partial charge in [-0.05, 0) is 44.0 Å². The van der Waals surface area contributed by atoms with Crippen molar-refractivity contribution in [3.8, 4) is 0 Å². The summed E-state index contributed by atoms with van der Waals surface area (Å²) in [4.78, 5) is 14.3. The van der Waals surface area contributed by atoms with Crippen molar-refractivity contribution in [3.63, 3.8) is 0 Å². The van der Waals surface area contributed by atoms with Crippen molar-refractivity contribution in [2.45, 2.75) is 25.3 Å². The minimum atomic E-state index is -0.625. The fraction of sp³-hybridized carbons (Fsp3) is 0.533. The molecule has 1 aromatic carbocycles. The molecule has 0 aromatic heterocycles. The number of primary amides is 1. The highest BCUT2D eigenvalue weighted by atomic mass is 79.9. The van der Waals surface area contributed by atoms with E-state index in [9.17, 15) is 4.79 Å². The second kappa shape index (κ2) is 6.70. The van der Waals surface area contributed by atoms with Gasteiger partial charge in [-0.15, -0.1) is 0 Å². The highest BCUT2D eigenvalue weighted by Gasteiger charge is 2.37. The second-order valence-electron chi connectivity index (χ2n) is 5.53. The van der Waals surface area contributed by atoms with Gasteiger partial charge in [0.25, 0.3) is 0 Å². The normalized spacial score (nSPS) is 20.1. The second-order valence-corrected chi connectivity index (χ2v) is 6.45. The van der Waals surface area contributed by atoms with Crippen molar-refractivity contribution < 1.29 is 4.79 Å². The van der Waals surface area contributed by atoms with Gasteiger partial charge >= 0.3 is 0 Å². The molecule has 3 N–H and O–H groups in total. The Hall–Kier alpha value is -0.910. The van der Waals surface area contributed by atoms with Gasteiger partial charge < -0.3 is 11.1 Å². The molecule has 0 saturated carbocycles. The van der Waals surface area contributed by atoms with Crippen LogP contribution >= 0.6 is 15.9 Å². The van der Waals surface area contributed by atoms with Gasteiger partial charge in [0.1, 0.15) is 5.54 Å². The van der Waals surface area contributed by atoms with Gasteiger partial charge in [0, 0.05) is 24.1 Å². The molecule has 0 aliphatic carbocycles. The van der Waals surface area contributed by atoms with Gasteiger partial charge in [-0.1, -0.05) is 28.1 Å². The van der Waals surface area contributed by atoms with Gasteiger partial charge in [0.05, 0.1) is 0 Å². The van der Waals surface area contributed by atoms with E-state index in [1.54, 1.807) is 0 Å². The molecule has 0 spiro atoms. The number of amides is 1. The van der Waals surface area contributed by atoms with Crippen LogP contribution in [0.3, 0.4) is 0 Å². The molecule has 0 bridgehead atoms. The Morgan fingerprint density at radius 2 is 2.05 bits per heavy atom. The van der Waals surface area contributed by atoms with Crippen LogP contribution in [0, 0.1) is 0 Å². The SMILES string of the molecule is CC(Cc1ccc(Br)cc1)(C(N)=O)N1CCCNCC1. The van der Waals surface area contributed by atoms with Gasteiger partial charge in [0.15, 0.2) is 0 Å². The Morgan fingerprint density at radius 3 is 2.70 bits per heavy atom. The van der Waals surface area contributed by atoms with Gasteiger partial charge in [-0.3, -0.25) is 9.69 Å². The summed E-state index contributed by atoms with van der Waals surface area (Å²) < 4.78 is 1.04. The average Bonchev–Trinajstić information content (AvgIpc) is 2.70. The molecular weight excluding hydrogens is 318 g/mol. The number of halogens is 1. The lowest BCUT2D eigenvalue weighted by molar-refractivity contribution is -0.129. The predicted octanol–water partition coefficient (Wildman–Crippen LogP) is 1.53. The number of hydrogen-bond donors (Lipinski definition) is 2. The van der Waals surface area contributed by atoms with Crippen molar-refractivity contribution in [3.05, 3.63) is 34.3 Å². The molecular formula is C15H22BrN3O. The fourth-order valence-corrected chi connectivity index (χ4v) is 2.96. The molecule has 5 heteroatoms. The molecule has 2 rings (SSSR count). The van der Waals surface area contributed by atoms with Gasteiger partial charge in [-0.2, -0.15) is 0 Å². The number of carbonyl (C=O) groups is 1. The molecule has 1 atom stereocenters. The molecule has 1 heterocycles. The van der Waals surface area contributed by atoms with Crippen LogP contribution in [-0.2, 0) is 11.2 Å². The lowest BCUT2D eigenvalue weighted by atomic mass is 9.89. The van der Waals surface area contributed by atoms with Crippen LogP contribution in [0.2, 0.25) is 0 Å². The number of nitrogens with two attached hydrogens (primary N) is 1. The minimum Gasteiger partial charge on any atom is -0.368 e. The zero-order chi connectivity index (χ0) is 14.6. The molecule has 1 aliphatic heterocycles. The Labute approximate surface area is 128 Å². The van der Waals surface area contributed by atoms with Crippen LogP contribution in [-0.4, -0.2) is 42.5 Å². The van der Waals surface area contributed by atoms with E-state index in [1.807, 2.05) is 31.2 Å². The Bertz CT molecular complexity index is 455. The number of benzene rings is 1. The summed E-state index contributed by atoms with van der Waals surface area (Å²) in [6.45, 7) is 5.63. The highest BCUT2D eigenvalue weighted by molar-refractivity contribution is 9.10. The first kappa shape index (κ1) is 15.5. The maximum atomic E-state index is 12.1. The first-order valence-corrected chi connectivity index (χ1v) is 7.82. The third-order valence-corrected chi connectivity index (χ3v) is 4.56. The van der Waals surface area contributed by atoms with E-state index in [2.05, 4.69) is 26.1 Å². The standard InChI is InChI=1S/C15H22BrN3O/c1-15(14(17)20,19-9-2-7-18-8-10-19)11-12-3-5-13(16)6-4-12/h3-6,18H,2,7-11H2,1H3,(H2,17,20). The zero-order valence-electron chi connectivity index (χ0n) is 11.9. The Kier molecular flexibility index (Phi) is 5.18. The lowest BCUT2D eigenvalue weighted by Gasteiger charge is -2.38. The van der Waals surface area contributed by atoms with Crippen LogP contribution in [0.1, 0.15) is 18.9 Å². The molecule has 110 valence electrons. The summed E-state index contributed by atoms with van der Waals surface area (Å²) in [6.07, 6.45) is 1.69. The quantitative estimate of drug-likeness (QED) is 0.874. The Balaban J connectivity index is 2.19. The number of rotatable bonds is 4. The summed E-state index contributed by atoms with van der Waals surface area (Å²) in [6, 6.07) is 8.09. The summed E-state index contributed by atoms with van der Waals surface area (Å²) in [5, 5.41) is 3.36. The number of nitrogens with zero attached hydrogens (tertiary/aromatic N) is 1.